The minimum Gasteiger partial charge on any atom is -0.465 e. The van der Waals surface area contributed by atoms with Gasteiger partial charge in [-0.2, -0.15) is 0 Å². The van der Waals surface area contributed by atoms with Crippen LogP contribution in [0.5, 0.6) is 0 Å². The number of hydrogen-bond acceptors (Lipinski definition) is 2. The molecular formula is C13H17BrO2. The summed E-state index contributed by atoms with van der Waals surface area (Å²) >= 11 is 3.49. The molecule has 0 heterocycles. The smallest absolute Gasteiger partial charge is 0.337 e. The van der Waals surface area contributed by atoms with Crippen LogP contribution >= 0.6 is 15.9 Å². The lowest BCUT2D eigenvalue weighted by molar-refractivity contribution is 0.0600. The highest BCUT2D eigenvalue weighted by atomic mass is 79.9. The van der Waals surface area contributed by atoms with Crippen molar-refractivity contribution in [3.05, 3.63) is 33.8 Å². The second-order valence-corrected chi connectivity index (χ2v) is 4.61. The summed E-state index contributed by atoms with van der Waals surface area (Å²) in [5.74, 6) is -0.291. The van der Waals surface area contributed by atoms with E-state index in [0.717, 1.165) is 10.9 Å². The van der Waals surface area contributed by atoms with Crippen LogP contribution in [-0.4, -0.2) is 13.1 Å². The molecule has 2 nitrogen and oxygen atoms in total. The van der Waals surface area contributed by atoms with E-state index in [1.54, 1.807) is 0 Å². The van der Waals surface area contributed by atoms with Crippen LogP contribution in [0.25, 0.3) is 0 Å². The Kier molecular flexibility index (Phi) is 5.53. The molecule has 1 rings (SSSR count). The van der Waals surface area contributed by atoms with Crippen LogP contribution < -0.4 is 0 Å². The molecule has 0 saturated heterocycles. The number of methoxy groups -OCH3 is 1. The molecule has 0 amide bonds. The van der Waals surface area contributed by atoms with Crippen LogP contribution in [0, 0.1) is 0 Å². The maximum atomic E-state index is 11.3. The zero-order valence-electron chi connectivity index (χ0n) is 9.75. The van der Waals surface area contributed by atoms with Gasteiger partial charge in [0.05, 0.1) is 12.7 Å². The molecule has 0 aliphatic rings. The fraction of sp³-hybridized carbons (Fsp3) is 0.462. The topological polar surface area (TPSA) is 26.3 Å². The standard InChI is InChI=1S/C13H17BrO2/c1-3-4-5-6-10-7-8-11(9-12(10)14)13(15)16-2/h7-9H,3-6H2,1-2H3. The third kappa shape index (κ3) is 3.63. The fourth-order valence-electron chi connectivity index (χ4n) is 1.56. The van der Waals surface area contributed by atoms with Crippen molar-refractivity contribution in [2.45, 2.75) is 32.6 Å². The number of unbranched alkanes of at least 4 members (excludes halogenated alkanes) is 2. The van der Waals surface area contributed by atoms with Gasteiger partial charge in [-0.05, 0) is 30.5 Å². The Morgan fingerprint density at radius 3 is 2.69 bits per heavy atom. The number of aryl methyl sites for hydroxylation is 1. The summed E-state index contributed by atoms with van der Waals surface area (Å²) in [4.78, 5) is 11.3. The minimum absolute atomic E-state index is 0.291. The number of benzene rings is 1. The van der Waals surface area contributed by atoms with Gasteiger partial charge in [0.15, 0.2) is 0 Å². The Balaban J connectivity index is 2.71. The van der Waals surface area contributed by atoms with E-state index in [-0.39, 0.29) is 5.97 Å². The molecule has 0 fully saturated rings. The molecule has 0 aliphatic carbocycles. The lowest BCUT2D eigenvalue weighted by Gasteiger charge is -2.06. The van der Waals surface area contributed by atoms with E-state index in [1.807, 2.05) is 18.2 Å². The molecule has 3 heteroatoms. The lowest BCUT2D eigenvalue weighted by Crippen LogP contribution is -2.01. The third-order valence-electron chi connectivity index (χ3n) is 2.52. The largest absolute Gasteiger partial charge is 0.465 e. The molecule has 0 atom stereocenters. The van der Waals surface area contributed by atoms with E-state index < -0.39 is 0 Å². The highest BCUT2D eigenvalue weighted by Gasteiger charge is 2.07. The summed E-state index contributed by atoms with van der Waals surface area (Å²) < 4.78 is 5.66. The van der Waals surface area contributed by atoms with Gasteiger partial charge in [0.25, 0.3) is 0 Å². The maximum absolute atomic E-state index is 11.3. The van der Waals surface area contributed by atoms with Gasteiger partial charge in [0.1, 0.15) is 0 Å². The first-order valence-electron chi connectivity index (χ1n) is 5.55. The molecule has 1 aromatic rings. The summed E-state index contributed by atoms with van der Waals surface area (Å²) in [5, 5.41) is 0. The quantitative estimate of drug-likeness (QED) is 0.604. The van der Waals surface area contributed by atoms with Crippen LogP contribution in [-0.2, 0) is 11.2 Å². The zero-order valence-corrected chi connectivity index (χ0v) is 11.3. The minimum atomic E-state index is -0.291. The van der Waals surface area contributed by atoms with E-state index >= 15 is 0 Å². The molecule has 88 valence electrons. The monoisotopic (exact) mass is 284 g/mol. The van der Waals surface area contributed by atoms with Gasteiger partial charge in [0.2, 0.25) is 0 Å². The molecule has 0 spiro atoms. The van der Waals surface area contributed by atoms with Crippen LogP contribution in [0.15, 0.2) is 22.7 Å². The summed E-state index contributed by atoms with van der Waals surface area (Å²) in [7, 11) is 1.39. The van der Waals surface area contributed by atoms with Crippen molar-refractivity contribution in [1.29, 1.82) is 0 Å². The molecule has 0 N–H and O–H groups in total. The van der Waals surface area contributed by atoms with Crippen molar-refractivity contribution in [3.8, 4) is 0 Å². The van der Waals surface area contributed by atoms with E-state index in [4.69, 9.17) is 0 Å². The molecule has 0 aromatic heterocycles. The number of ether oxygens (including phenoxy) is 1. The van der Waals surface area contributed by atoms with Crippen molar-refractivity contribution in [3.63, 3.8) is 0 Å². The van der Waals surface area contributed by atoms with Gasteiger partial charge in [0, 0.05) is 4.47 Å². The number of hydrogen-bond donors (Lipinski definition) is 0. The highest BCUT2D eigenvalue weighted by Crippen LogP contribution is 2.21. The molecule has 0 bridgehead atoms. The Hall–Kier alpha value is -0.830. The number of carbonyl (C=O) groups excluding carboxylic acids is 1. The van der Waals surface area contributed by atoms with Gasteiger partial charge in [-0.25, -0.2) is 4.79 Å². The number of carbonyl (C=O) groups is 1. The van der Waals surface area contributed by atoms with E-state index in [0.29, 0.717) is 5.56 Å². The average Bonchev–Trinajstić information content (AvgIpc) is 2.30. The highest BCUT2D eigenvalue weighted by molar-refractivity contribution is 9.10. The number of esters is 1. The van der Waals surface area contributed by atoms with Gasteiger partial charge in [-0.3, -0.25) is 0 Å². The van der Waals surface area contributed by atoms with Gasteiger partial charge >= 0.3 is 5.97 Å². The van der Waals surface area contributed by atoms with Crippen LogP contribution in [0.3, 0.4) is 0 Å². The Morgan fingerprint density at radius 2 is 2.12 bits per heavy atom. The first-order valence-corrected chi connectivity index (χ1v) is 6.35. The second-order valence-electron chi connectivity index (χ2n) is 3.75. The molecule has 0 unspecified atom stereocenters. The molecule has 0 aliphatic heterocycles. The summed E-state index contributed by atoms with van der Waals surface area (Å²) in [5.41, 5.74) is 1.84. The van der Waals surface area contributed by atoms with Crippen LogP contribution in [0.4, 0.5) is 0 Å². The van der Waals surface area contributed by atoms with E-state index in [2.05, 4.69) is 27.6 Å². The Labute approximate surface area is 105 Å². The third-order valence-corrected chi connectivity index (χ3v) is 3.26. The van der Waals surface area contributed by atoms with Gasteiger partial charge in [-0.15, -0.1) is 0 Å². The zero-order chi connectivity index (χ0) is 12.0. The summed E-state index contributed by atoms with van der Waals surface area (Å²) in [6.07, 6.45) is 4.70. The normalized spacial score (nSPS) is 10.2. The van der Waals surface area contributed by atoms with Gasteiger partial charge in [-0.1, -0.05) is 41.8 Å². The second kappa shape index (κ2) is 6.69. The van der Waals surface area contributed by atoms with Crippen LogP contribution in [0.1, 0.15) is 42.1 Å². The molecule has 16 heavy (non-hydrogen) atoms. The molecule has 0 radical (unpaired) electrons. The first kappa shape index (κ1) is 13.2. The van der Waals surface area contributed by atoms with Crippen LogP contribution in [0.2, 0.25) is 0 Å². The molecular weight excluding hydrogens is 268 g/mol. The van der Waals surface area contributed by atoms with Crippen molar-refractivity contribution in [1.82, 2.24) is 0 Å². The molecule has 1 aromatic carbocycles. The first-order chi connectivity index (χ1) is 7.69. The van der Waals surface area contributed by atoms with Crippen molar-refractivity contribution in [2.24, 2.45) is 0 Å². The van der Waals surface area contributed by atoms with E-state index in [9.17, 15) is 4.79 Å². The summed E-state index contributed by atoms with van der Waals surface area (Å²) in [6.45, 7) is 2.19. The Morgan fingerprint density at radius 1 is 1.38 bits per heavy atom. The van der Waals surface area contributed by atoms with Crippen molar-refractivity contribution in [2.75, 3.05) is 7.11 Å². The maximum Gasteiger partial charge on any atom is 0.337 e. The number of halogens is 1. The summed E-state index contributed by atoms with van der Waals surface area (Å²) in [6, 6.07) is 5.64. The lowest BCUT2D eigenvalue weighted by atomic mass is 10.1. The molecule has 0 saturated carbocycles. The predicted molar refractivity (Wildman–Crippen MR) is 68.7 cm³/mol. The average molecular weight is 285 g/mol. The Bertz CT molecular complexity index is 361. The number of rotatable bonds is 5. The van der Waals surface area contributed by atoms with Crippen molar-refractivity contribution >= 4 is 21.9 Å². The predicted octanol–water partition coefficient (Wildman–Crippen LogP) is 3.97. The van der Waals surface area contributed by atoms with Gasteiger partial charge < -0.3 is 4.74 Å². The van der Waals surface area contributed by atoms with E-state index in [1.165, 1.54) is 31.9 Å². The SMILES string of the molecule is CCCCCc1ccc(C(=O)OC)cc1Br. The fourth-order valence-corrected chi connectivity index (χ4v) is 2.14. The van der Waals surface area contributed by atoms with Crippen molar-refractivity contribution < 1.29 is 9.53 Å².